The molecule has 0 saturated heterocycles. The van der Waals surface area contributed by atoms with E-state index < -0.39 is 0 Å². The van der Waals surface area contributed by atoms with Gasteiger partial charge in [0.15, 0.2) is 5.16 Å². The molecule has 0 unspecified atom stereocenters. The number of carbonyl (C=O) groups excluding carboxylic acids is 1. The quantitative estimate of drug-likeness (QED) is 0.610. The Hall–Kier alpha value is -2.08. The van der Waals surface area contributed by atoms with Gasteiger partial charge in [0.2, 0.25) is 5.91 Å². The summed E-state index contributed by atoms with van der Waals surface area (Å²) in [6.45, 7) is 12.6. The van der Waals surface area contributed by atoms with Gasteiger partial charge in [0.05, 0.1) is 5.75 Å². The second-order valence-electron chi connectivity index (χ2n) is 6.00. The molecule has 1 N–H and O–H groups in total. The fourth-order valence-electron chi connectivity index (χ4n) is 2.45. The van der Waals surface area contributed by atoms with Crippen LogP contribution in [0.4, 0.5) is 5.69 Å². The number of para-hydroxylation sites is 1. The molecule has 0 aliphatic heterocycles. The molecule has 0 aliphatic rings. The van der Waals surface area contributed by atoms with E-state index in [0.717, 1.165) is 27.8 Å². The predicted molar refractivity (Wildman–Crippen MR) is 99.6 cm³/mol. The van der Waals surface area contributed by atoms with Crippen molar-refractivity contribution in [3.05, 3.63) is 47.8 Å². The van der Waals surface area contributed by atoms with Crippen LogP contribution in [0.15, 0.2) is 36.0 Å². The number of rotatable bonds is 7. The van der Waals surface area contributed by atoms with Gasteiger partial charge >= 0.3 is 0 Å². The van der Waals surface area contributed by atoms with Crippen molar-refractivity contribution in [3.8, 4) is 0 Å². The summed E-state index contributed by atoms with van der Waals surface area (Å²) in [5.74, 6) is 1.43. The number of benzene rings is 1. The Labute approximate surface area is 147 Å². The molecular formula is C18H24N4OS. The molecule has 1 aromatic carbocycles. The number of hydrogen-bond donors (Lipinski definition) is 1. The van der Waals surface area contributed by atoms with Crippen LogP contribution in [0, 0.1) is 13.8 Å². The Morgan fingerprint density at radius 3 is 2.58 bits per heavy atom. The smallest absolute Gasteiger partial charge is 0.234 e. The van der Waals surface area contributed by atoms with Gasteiger partial charge in [-0.3, -0.25) is 4.79 Å². The van der Waals surface area contributed by atoms with Crippen LogP contribution in [0.1, 0.15) is 36.7 Å². The van der Waals surface area contributed by atoms with Gasteiger partial charge in [-0.2, -0.15) is 0 Å². The topological polar surface area (TPSA) is 59.8 Å². The second kappa shape index (κ2) is 8.15. The molecule has 6 heteroatoms. The minimum atomic E-state index is -0.0448. The summed E-state index contributed by atoms with van der Waals surface area (Å²) in [6, 6.07) is 5.97. The van der Waals surface area contributed by atoms with E-state index in [1.165, 1.54) is 11.8 Å². The van der Waals surface area contributed by atoms with Crippen LogP contribution in [-0.2, 0) is 11.3 Å². The van der Waals surface area contributed by atoms with Gasteiger partial charge in [0, 0.05) is 18.2 Å². The maximum atomic E-state index is 12.3. The SMILES string of the molecule is C=CCn1c(SCC(=O)Nc2c(C)cccc2C)nnc1C(C)C. The Morgan fingerprint density at radius 2 is 2.00 bits per heavy atom. The highest BCUT2D eigenvalue weighted by molar-refractivity contribution is 7.99. The van der Waals surface area contributed by atoms with Crippen LogP contribution in [0.3, 0.4) is 0 Å². The molecular weight excluding hydrogens is 320 g/mol. The lowest BCUT2D eigenvalue weighted by molar-refractivity contribution is -0.113. The van der Waals surface area contributed by atoms with Gasteiger partial charge in [0.25, 0.3) is 0 Å². The third-order valence-electron chi connectivity index (χ3n) is 3.65. The number of carbonyl (C=O) groups is 1. The first-order valence-electron chi connectivity index (χ1n) is 7.97. The largest absolute Gasteiger partial charge is 0.325 e. The van der Waals surface area contributed by atoms with E-state index in [1.807, 2.05) is 42.7 Å². The van der Waals surface area contributed by atoms with Crippen LogP contribution >= 0.6 is 11.8 Å². The summed E-state index contributed by atoms with van der Waals surface area (Å²) in [7, 11) is 0. The number of allylic oxidation sites excluding steroid dienone is 1. The standard InChI is InChI=1S/C18H24N4OS/c1-6-10-22-17(12(2)3)20-21-18(22)24-11-15(23)19-16-13(4)8-7-9-14(16)5/h6-9,12H,1,10-11H2,2-5H3,(H,19,23). The van der Waals surface area contributed by atoms with Crippen molar-refractivity contribution < 1.29 is 4.79 Å². The zero-order valence-corrected chi connectivity index (χ0v) is 15.5. The number of hydrogen-bond acceptors (Lipinski definition) is 4. The third-order valence-corrected chi connectivity index (χ3v) is 4.62. The lowest BCUT2D eigenvalue weighted by Gasteiger charge is -2.12. The Balaban J connectivity index is 2.05. The van der Waals surface area contributed by atoms with Crippen molar-refractivity contribution in [2.24, 2.45) is 0 Å². The molecule has 128 valence electrons. The van der Waals surface area contributed by atoms with Crippen molar-refractivity contribution >= 4 is 23.4 Å². The fourth-order valence-corrected chi connectivity index (χ4v) is 3.21. The fraction of sp³-hybridized carbons (Fsp3) is 0.389. The van der Waals surface area contributed by atoms with E-state index in [-0.39, 0.29) is 11.8 Å². The van der Waals surface area contributed by atoms with E-state index in [1.54, 1.807) is 0 Å². The molecule has 1 heterocycles. The van der Waals surface area contributed by atoms with Gasteiger partial charge in [0.1, 0.15) is 5.82 Å². The number of anilines is 1. The minimum Gasteiger partial charge on any atom is -0.325 e. The molecule has 1 aromatic heterocycles. The molecule has 0 saturated carbocycles. The number of nitrogens with one attached hydrogen (secondary N) is 1. The summed E-state index contributed by atoms with van der Waals surface area (Å²) in [6.07, 6.45) is 1.82. The van der Waals surface area contributed by atoms with Gasteiger partial charge in [-0.15, -0.1) is 16.8 Å². The maximum absolute atomic E-state index is 12.3. The lowest BCUT2D eigenvalue weighted by atomic mass is 10.1. The highest BCUT2D eigenvalue weighted by Crippen LogP contribution is 2.23. The normalized spacial score (nSPS) is 10.9. The predicted octanol–water partition coefficient (Wildman–Crippen LogP) is 3.94. The van der Waals surface area contributed by atoms with Crippen molar-refractivity contribution in [2.75, 3.05) is 11.1 Å². The number of amides is 1. The molecule has 0 atom stereocenters. The Morgan fingerprint density at radius 1 is 1.33 bits per heavy atom. The highest BCUT2D eigenvalue weighted by atomic mass is 32.2. The summed E-state index contributed by atoms with van der Waals surface area (Å²) < 4.78 is 2.01. The molecule has 2 aromatic rings. The van der Waals surface area contributed by atoms with E-state index in [0.29, 0.717) is 12.3 Å². The molecule has 0 fully saturated rings. The van der Waals surface area contributed by atoms with Crippen molar-refractivity contribution in [3.63, 3.8) is 0 Å². The van der Waals surface area contributed by atoms with Crippen molar-refractivity contribution in [1.29, 1.82) is 0 Å². The number of thioether (sulfide) groups is 1. The van der Waals surface area contributed by atoms with E-state index in [9.17, 15) is 4.79 Å². The van der Waals surface area contributed by atoms with Crippen LogP contribution in [-0.4, -0.2) is 26.4 Å². The van der Waals surface area contributed by atoms with E-state index in [2.05, 4.69) is 35.9 Å². The maximum Gasteiger partial charge on any atom is 0.234 e. The van der Waals surface area contributed by atoms with Crippen molar-refractivity contribution in [2.45, 2.75) is 45.3 Å². The molecule has 0 aliphatic carbocycles. The average Bonchev–Trinajstić information content (AvgIpc) is 2.92. The summed E-state index contributed by atoms with van der Waals surface area (Å²) >= 11 is 1.39. The lowest BCUT2D eigenvalue weighted by Crippen LogP contribution is -2.16. The molecule has 24 heavy (non-hydrogen) atoms. The number of aromatic nitrogens is 3. The van der Waals surface area contributed by atoms with Crippen molar-refractivity contribution in [1.82, 2.24) is 14.8 Å². The molecule has 2 rings (SSSR count). The van der Waals surface area contributed by atoms with E-state index >= 15 is 0 Å². The highest BCUT2D eigenvalue weighted by Gasteiger charge is 2.16. The first-order chi connectivity index (χ1) is 11.4. The average molecular weight is 344 g/mol. The monoisotopic (exact) mass is 344 g/mol. The first kappa shape index (κ1) is 18.3. The van der Waals surface area contributed by atoms with Gasteiger partial charge in [-0.1, -0.05) is 49.9 Å². The Bertz CT molecular complexity index is 716. The molecule has 0 bridgehead atoms. The second-order valence-corrected chi connectivity index (χ2v) is 6.94. The van der Waals surface area contributed by atoms with Crippen LogP contribution in [0.25, 0.3) is 0 Å². The molecule has 0 radical (unpaired) electrons. The Kier molecular flexibility index (Phi) is 6.20. The van der Waals surface area contributed by atoms with Crippen LogP contribution in [0.2, 0.25) is 0 Å². The zero-order chi connectivity index (χ0) is 17.7. The summed E-state index contributed by atoms with van der Waals surface area (Å²) in [5.41, 5.74) is 3.01. The first-order valence-corrected chi connectivity index (χ1v) is 8.95. The van der Waals surface area contributed by atoms with Crippen LogP contribution in [0.5, 0.6) is 0 Å². The van der Waals surface area contributed by atoms with Gasteiger partial charge in [-0.25, -0.2) is 0 Å². The van der Waals surface area contributed by atoms with E-state index in [4.69, 9.17) is 0 Å². The molecule has 1 amide bonds. The number of nitrogens with zero attached hydrogens (tertiary/aromatic N) is 3. The molecule has 5 nitrogen and oxygen atoms in total. The minimum absolute atomic E-state index is 0.0448. The number of aryl methyl sites for hydroxylation is 2. The summed E-state index contributed by atoms with van der Waals surface area (Å²) in [4.78, 5) is 12.3. The summed E-state index contributed by atoms with van der Waals surface area (Å²) in [5, 5.41) is 12.2. The molecule has 0 spiro atoms. The third kappa shape index (κ3) is 4.26. The van der Waals surface area contributed by atoms with Crippen LogP contribution < -0.4 is 5.32 Å². The van der Waals surface area contributed by atoms with Gasteiger partial charge in [-0.05, 0) is 25.0 Å². The van der Waals surface area contributed by atoms with Gasteiger partial charge < -0.3 is 9.88 Å². The zero-order valence-electron chi connectivity index (χ0n) is 14.7.